The van der Waals surface area contributed by atoms with E-state index in [2.05, 4.69) is 104 Å². The van der Waals surface area contributed by atoms with Crippen LogP contribution < -0.4 is 5.19 Å². The molecule has 7 heteroatoms. The minimum absolute atomic E-state index is 0. The molecule has 0 saturated heterocycles. The average molecular weight is 821 g/mol. The standard InChI is InChI=1S/C30H28N3OSi.C11H8N.Ir/c1-18-19(2)31-20(3)27-28(18)33(21-11-8-7-9-12-21)30(32-27)25-14-10-13-24-23-16-15-22(35(4,5)6)17-26(23)34-29(24)25;1-2-6-10(7-3-1)11-8-4-5-9-12-11;/h7-13,15-17H,1-6H3;1-6,8-9H;/q2*-1;. The van der Waals surface area contributed by atoms with E-state index in [1.807, 2.05) is 61.5 Å². The molecule has 4 aromatic heterocycles. The molecule has 0 unspecified atom stereocenters. The molecule has 1 radical (unpaired) electrons. The van der Waals surface area contributed by atoms with E-state index < -0.39 is 8.07 Å². The number of hydrogen-bond donors (Lipinski definition) is 0. The summed E-state index contributed by atoms with van der Waals surface area (Å²) < 4.78 is 8.80. The Morgan fingerprint density at radius 1 is 0.729 bits per heavy atom. The summed E-state index contributed by atoms with van der Waals surface area (Å²) in [7, 11) is -1.46. The second kappa shape index (κ2) is 13.4. The first-order valence-electron chi connectivity index (χ1n) is 15.9. The quantitative estimate of drug-likeness (QED) is 0.131. The molecular formula is C41H36IrN4OSi-2. The van der Waals surface area contributed by atoms with Crippen LogP contribution >= 0.6 is 0 Å². The van der Waals surface area contributed by atoms with Crippen molar-refractivity contribution in [1.82, 2.24) is 19.5 Å². The van der Waals surface area contributed by atoms with Gasteiger partial charge in [0.1, 0.15) is 5.58 Å². The fraction of sp³-hybridized carbons (Fsp3) is 0.146. The molecule has 0 saturated carbocycles. The fourth-order valence-corrected chi connectivity index (χ4v) is 7.17. The summed E-state index contributed by atoms with van der Waals surface area (Å²) >= 11 is 0. The summed E-state index contributed by atoms with van der Waals surface area (Å²) in [4.78, 5) is 14.1. The van der Waals surface area contributed by atoms with Gasteiger partial charge in [0.15, 0.2) is 0 Å². The van der Waals surface area contributed by atoms with Crippen molar-refractivity contribution in [3.63, 3.8) is 0 Å². The first-order chi connectivity index (χ1) is 22.7. The summed E-state index contributed by atoms with van der Waals surface area (Å²) in [6.45, 7) is 13.3. The zero-order valence-electron chi connectivity index (χ0n) is 27.9. The van der Waals surface area contributed by atoms with Gasteiger partial charge in [0.05, 0.1) is 36.2 Å². The topological polar surface area (TPSA) is 56.7 Å². The van der Waals surface area contributed by atoms with Crippen molar-refractivity contribution in [1.29, 1.82) is 0 Å². The van der Waals surface area contributed by atoms with Crippen LogP contribution in [-0.2, 0) is 20.1 Å². The number of furan rings is 1. The number of rotatable bonds is 4. The van der Waals surface area contributed by atoms with Crippen LogP contribution in [0.2, 0.25) is 19.6 Å². The van der Waals surface area contributed by atoms with Gasteiger partial charge in [0, 0.05) is 43.1 Å². The van der Waals surface area contributed by atoms with Gasteiger partial charge in [-0.05, 0) is 56.3 Å². The Morgan fingerprint density at radius 2 is 1.50 bits per heavy atom. The Bertz CT molecular complexity index is 2320. The molecule has 8 aromatic rings. The Morgan fingerprint density at radius 3 is 2.21 bits per heavy atom. The predicted molar refractivity (Wildman–Crippen MR) is 196 cm³/mol. The molecule has 4 aromatic carbocycles. The molecule has 5 nitrogen and oxygen atoms in total. The third-order valence-corrected chi connectivity index (χ3v) is 10.7. The number of fused-ring (bicyclic) bond motifs is 4. The largest absolute Gasteiger partial charge is 0.501 e. The van der Waals surface area contributed by atoms with Gasteiger partial charge in [-0.2, -0.15) is 0 Å². The van der Waals surface area contributed by atoms with Crippen LogP contribution in [0, 0.1) is 32.9 Å². The fourth-order valence-electron chi connectivity index (χ4n) is 6.02. The minimum atomic E-state index is -1.46. The number of para-hydroxylation sites is 1. The first kappa shape index (κ1) is 33.2. The Balaban J connectivity index is 0.000000260. The zero-order chi connectivity index (χ0) is 32.7. The third-order valence-electron chi connectivity index (χ3n) is 8.64. The monoisotopic (exact) mass is 821 g/mol. The van der Waals surface area contributed by atoms with Gasteiger partial charge >= 0.3 is 0 Å². The molecule has 4 heterocycles. The maximum Gasteiger partial charge on any atom is 0.120 e. The molecule has 0 spiro atoms. The number of imidazole rings is 1. The van der Waals surface area contributed by atoms with E-state index in [9.17, 15) is 0 Å². The van der Waals surface area contributed by atoms with Crippen molar-refractivity contribution < 1.29 is 24.5 Å². The summed E-state index contributed by atoms with van der Waals surface area (Å²) in [5, 5.41) is 3.61. The molecule has 48 heavy (non-hydrogen) atoms. The van der Waals surface area contributed by atoms with Crippen molar-refractivity contribution in [2.75, 3.05) is 0 Å². The molecule has 0 amide bonds. The smallest absolute Gasteiger partial charge is 0.120 e. The molecule has 0 aliphatic rings. The van der Waals surface area contributed by atoms with E-state index in [0.717, 1.165) is 78.3 Å². The molecule has 0 N–H and O–H groups in total. The van der Waals surface area contributed by atoms with Crippen molar-refractivity contribution in [2.24, 2.45) is 0 Å². The van der Waals surface area contributed by atoms with E-state index in [-0.39, 0.29) is 20.1 Å². The molecule has 0 fully saturated rings. The predicted octanol–water partition coefficient (Wildman–Crippen LogP) is 9.80. The molecule has 0 bridgehead atoms. The summed E-state index contributed by atoms with van der Waals surface area (Å²) in [6, 6.07) is 41.5. The van der Waals surface area contributed by atoms with Crippen molar-refractivity contribution in [3.8, 4) is 28.3 Å². The maximum atomic E-state index is 6.57. The van der Waals surface area contributed by atoms with Gasteiger partial charge in [-0.25, -0.2) is 0 Å². The Kier molecular flexibility index (Phi) is 9.30. The third kappa shape index (κ3) is 6.17. The van der Waals surface area contributed by atoms with Gasteiger partial charge in [0.25, 0.3) is 0 Å². The minimum Gasteiger partial charge on any atom is -0.501 e. The number of aromatic nitrogens is 4. The van der Waals surface area contributed by atoms with E-state index in [4.69, 9.17) is 14.4 Å². The average Bonchev–Trinajstić information content (AvgIpc) is 3.68. The van der Waals surface area contributed by atoms with E-state index in [0.29, 0.717) is 0 Å². The van der Waals surface area contributed by atoms with Gasteiger partial charge in [0.2, 0.25) is 0 Å². The summed E-state index contributed by atoms with van der Waals surface area (Å²) in [6.07, 6.45) is 1.79. The normalized spacial score (nSPS) is 11.4. The molecule has 241 valence electrons. The van der Waals surface area contributed by atoms with Gasteiger partial charge in [-0.3, -0.25) is 9.97 Å². The zero-order valence-corrected chi connectivity index (χ0v) is 31.3. The number of benzene rings is 4. The van der Waals surface area contributed by atoms with Crippen LogP contribution in [0.25, 0.3) is 61.3 Å². The van der Waals surface area contributed by atoms with E-state index in [1.54, 1.807) is 6.20 Å². The number of nitrogens with zero attached hydrogens (tertiary/aromatic N) is 4. The van der Waals surface area contributed by atoms with Crippen molar-refractivity contribution in [2.45, 2.75) is 40.4 Å². The SMILES string of the molecule is Cc1nc(C)c2nc(-c3[c-]ccc4c3oc3cc([Si](C)(C)C)ccc34)n(-c3ccccc3)c2c1C.[Ir].[c-]1ccccc1-c1ccccn1. The van der Waals surface area contributed by atoms with Crippen LogP contribution in [0.4, 0.5) is 0 Å². The van der Waals surface area contributed by atoms with Gasteiger partial charge in [-0.15, -0.1) is 54.1 Å². The summed E-state index contributed by atoms with van der Waals surface area (Å²) in [5.74, 6) is 0.819. The molecular weight excluding hydrogens is 785 g/mol. The molecule has 0 aliphatic carbocycles. The van der Waals surface area contributed by atoms with Crippen molar-refractivity contribution in [3.05, 3.63) is 138 Å². The number of pyridine rings is 2. The van der Waals surface area contributed by atoms with Crippen LogP contribution in [0.15, 0.2) is 114 Å². The van der Waals surface area contributed by atoms with Crippen molar-refractivity contribution >= 4 is 46.2 Å². The Hall–Kier alpha value is -4.68. The first-order valence-corrected chi connectivity index (χ1v) is 19.4. The van der Waals surface area contributed by atoms with Crippen LogP contribution in [0.3, 0.4) is 0 Å². The maximum absolute atomic E-state index is 6.57. The van der Waals surface area contributed by atoms with E-state index >= 15 is 0 Å². The molecule has 0 aliphatic heterocycles. The van der Waals surface area contributed by atoms with Gasteiger partial charge in [-0.1, -0.05) is 78.2 Å². The molecule has 8 rings (SSSR count). The van der Waals surface area contributed by atoms with Crippen LogP contribution in [0.1, 0.15) is 17.0 Å². The van der Waals surface area contributed by atoms with Crippen LogP contribution in [0.5, 0.6) is 0 Å². The second-order valence-electron chi connectivity index (χ2n) is 12.9. The Labute approximate surface area is 296 Å². The summed E-state index contributed by atoms with van der Waals surface area (Å²) in [5.41, 5.74) is 10.7. The second-order valence-corrected chi connectivity index (χ2v) is 17.9. The van der Waals surface area contributed by atoms with E-state index in [1.165, 1.54) is 5.19 Å². The molecule has 0 atom stereocenters. The van der Waals surface area contributed by atoms with Crippen LogP contribution in [-0.4, -0.2) is 27.6 Å². The van der Waals surface area contributed by atoms with Gasteiger partial charge < -0.3 is 14.0 Å². The number of aryl methyl sites for hydroxylation is 3. The number of hydrogen-bond acceptors (Lipinski definition) is 4.